The van der Waals surface area contributed by atoms with Crippen molar-refractivity contribution < 1.29 is 22.5 Å². The van der Waals surface area contributed by atoms with Crippen LogP contribution < -0.4 is 0 Å². The third kappa shape index (κ3) is 3.37. The molecule has 110 valence electrons. The van der Waals surface area contributed by atoms with Gasteiger partial charge in [0.25, 0.3) is 10.1 Å². The van der Waals surface area contributed by atoms with Crippen LogP contribution in [0.25, 0.3) is 0 Å². The van der Waals surface area contributed by atoms with Gasteiger partial charge in [-0.3, -0.25) is 9.08 Å². The molecule has 2 rings (SSSR count). The third-order valence-electron chi connectivity index (χ3n) is 3.94. The van der Waals surface area contributed by atoms with Crippen molar-refractivity contribution in [3.05, 3.63) is 0 Å². The first kappa shape index (κ1) is 14.5. The number of carbonyl (C=O) groups is 1. The lowest BCUT2D eigenvalue weighted by atomic mass is 9.95. The predicted molar refractivity (Wildman–Crippen MR) is 68.5 cm³/mol. The molecule has 2 aliphatic rings. The highest BCUT2D eigenvalue weighted by Gasteiger charge is 2.47. The minimum Gasteiger partial charge on any atom is -0.465 e. The van der Waals surface area contributed by atoms with E-state index < -0.39 is 16.2 Å². The Hall–Kier alpha value is -0.860. The first-order valence-corrected chi connectivity index (χ1v) is 8.21. The zero-order valence-electron chi connectivity index (χ0n) is 11.0. The summed E-state index contributed by atoms with van der Waals surface area (Å²) in [6.45, 7) is 2.70. The van der Waals surface area contributed by atoms with Crippen LogP contribution in [0.5, 0.6) is 0 Å². The number of hydrogen-bond donors (Lipinski definition) is 1. The van der Waals surface area contributed by atoms with Crippen LogP contribution in [0.3, 0.4) is 0 Å². The van der Waals surface area contributed by atoms with E-state index in [9.17, 15) is 18.3 Å². The molecule has 0 bridgehead atoms. The first-order chi connectivity index (χ1) is 8.82. The maximum atomic E-state index is 11.2. The van der Waals surface area contributed by atoms with Gasteiger partial charge in [-0.25, -0.2) is 4.79 Å². The Morgan fingerprint density at radius 3 is 2.74 bits per heavy atom. The van der Waals surface area contributed by atoms with E-state index in [1.165, 1.54) is 0 Å². The van der Waals surface area contributed by atoms with Gasteiger partial charge in [-0.2, -0.15) is 8.42 Å². The second-order valence-corrected chi connectivity index (χ2v) is 6.96. The highest BCUT2D eigenvalue weighted by Crippen LogP contribution is 2.37. The Bertz CT molecular complexity index is 452. The summed E-state index contributed by atoms with van der Waals surface area (Å²) in [5, 5.41) is 9.21. The van der Waals surface area contributed by atoms with Gasteiger partial charge in [0.05, 0.1) is 18.4 Å². The Morgan fingerprint density at radius 2 is 2.11 bits per heavy atom. The molecule has 0 aliphatic carbocycles. The summed E-state index contributed by atoms with van der Waals surface area (Å²) >= 11 is 0. The largest absolute Gasteiger partial charge is 0.465 e. The predicted octanol–water partition coefficient (Wildman–Crippen LogP) is 0.181. The first-order valence-electron chi connectivity index (χ1n) is 6.40. The molecule has 8 heteroatoms. The summed E-state index contributed by atoms with van der Waals surface area (Å²) in [5.74, 6) is 0. The van der Waals surface area contributed by atoms with Crippen molar-refractivity contribution in [1.82, 2.24) is 9.80 Å². The Labute approximate surface area is 113 Å². The molecule has 1 unspecified atom stereocenters. The average Bonchev–Trinajstić information content (AvgIpc) is 2.85. The van der Waals surface area contributed by atoms with Gasteiger partial charge in [-0.05, 0) is 19.3 Å². The molecular weight excluding hydrogens is 272 g/mol. The van der Waals surface area contributed by atoms with E-state index in [1.54, 1.807) is 4.90 Å². The summed E-state index contributed by atoms with van der Waals surface area (Å²) < 4.78 is 26.5. The molecule has 2 saturated heterocycles. The lowest BCUT2D eigenvalue weighted by molar-refractivity contribution is 0.103. The minimum absolute atomic E-state index is 0.127. The molecule has 0 saturated carbocycles. The highest BCUT2D eigenvalue weighted by molar-refractivity contribution is 7.85. The summed E-state index contributed by atoms with van der Waals surface area (Å²) in [5.41, 5.74) is -0.267. The quantitative estimate of drug-likeness (QED) is 0.744. The molecule has 0 aromatic rings. The van der Waals surface area contributed by atoms with Crippen LogP contribution in [-0.4, -0.2) is 74.0 Å². The second kappa shape index (κ2) is 5.26. The molecule has 1 amide bonds. The van der Waals surface area contributed by atoms with E-state index in [0.717, 1.165) is 32.1 Å². The summed E-state index contributed by atoms with van der Waals surface area (Å²) in [6.07, 6.45) is 2.79. The molecule has 2 heterocycles. The standard InChI is InChI=1S/C11H20N2O5S/c1-19(16,17)18-8-7-12-6-4-11(9-12)3-2-5-13(11)10(14)15/h2-9H2,1H3,(H,14,15). The highest BCUT2D eigenvalue weighted by atomic mass is 32.2. The maximum Gasteiger partial charge on any atom is 0.407 e. The maximum absolute atomic E-state index is 11.2. The van der Waals surface area contributed by atoms with Crippen LogP contribution in [0, 0.1) is 0 Å². The lowest BCUT2D eigenvalue weighted by Crippen LogP contribution is -2.48. The fraction of sp³-hybridized carbons (Fsp3) is 0.909. The van der Waals surface area contributed by atoms with E-state index >= 15 is 0 Å². The third-order valence-corrected chi connectivity index (χ3v) is 4.54. The van der Waals surface area contributed by atoms with Gasteiger partial charge >= 0.3 is 6.09 Å². The lowest BCUT2D eigenvalue weighted by Gasteiger charge is -2.33. The van der Waals surface area contributed by atoms with E-state index in [4.69, 9.17) is 4.18 Å². The van der Waals surface area contributed by atoms with E-state index in [2.05, 4.69) is 4.90 Å². The number of hydrogen-bond acceptors (Lipinski definition) is 5. The van der Waals surface area contributed by atoms with Crippen LogP contribution in [0.2, 0.25) is 0 Å². The van der Waals surface area contributed by atoms with Crippen LogP contribution in [0.4, 0.5) is 4.79 Å². The number of amides is 1. The molecule has 2 aliphatic heterocycles. The fourth-order valence-electron chi connectivity index (χ4n) is 3.11. The van der Waals surface area contributed by atoms with Crippen molar-refractivity contribution >= 4 is 16.2 Å². The summed E-state index contributed by atoms with van der Waals surface area (Å²) in [7, 11) is -3.40. The molecule has 0 radical (unpaired) electrons. The van der Waals surface area contributed by atoms with Crippen molar-refractivity contribution in [2.24, 2.45) is 0 Å². The van der Waals surface area contributed by atoms with Crippen LogP contribution in [0.1, 0.15) is 19.3 Å². The van der Waals surface area contributed by atoms with Gasteiger partial charge in [0.15, 0.2) is 0 Å². The zero-order chi connectivity index (χ0) is 14.1. The molecule has 19 heavy (non-hydrogen) atoms. The smallest absolute Gasteiger partial charge is 0.407 e. The topological polar surface area (TPSA) is 87.2 Å². The summed E-state index contributed by atoms with van der Waals surface area (Å²) in [4.78, 5) is 14.8. The van der Waals surface area contributed by atoms with E-state index in [1.807, 2.05) is 0 Å². The number of nitrogens with zero attached hydrogens (tertiary/aromatic N) is 2. The van der Waals surface area contributed by atoms with Gasteiger partial charge in [0.2, 0.25) is 0 Å². The monoisotopic (exact) mass is 292 g/mol. The van der Waals surface area contributed by atoms with Crippen LogP contribution in [-0.2, 0) is 14.3 Å². The average molecular weight is 292 g/mol. The minimum atomic E-state index is -3.40. The van der Waals surface area contributed by atoms with Gasteiger partial charge in [0, 0.05) is 26.2 Å². The Balaban J connectivity index is 1.87. The van der Waals surface area contributed by atoms with Gasteiger partial charge in [-0.1, -0.05) is 0 Å². The van der Waals surface area contributed by atoms with Crippen molar-refractivity contribution in [2.45, 2.75) is 24.8 Å². The van der Waals surface area contributed by atoms with Gasteiger partial charge in [-0.15, -0.1) is 0 Å². The second-order valence-electron chi connectivity index (χ2n) is 5.31. The molecule has 7 nitrogen and oxygen atoms in total. The Morgan fingerprint density at radius 1 is 1.37 bits per heavy atom. The van der Waals surface area contributed by atoms with Gasteiger partial charge in [0.1, 0.15) is 0 Å². The van der Waals surface area contributed by atoms with Crippen molar-refractivity contribution in [3.8, 4) is 0 Å². The molecule has 0 aromatic heterocycles. The fourth-order valence-corrected chi connectivity index (χ4v) is 3.49. The van der Waals surface area contributed by atoms with E-state index in [-0.39, 0.29) is 12.1 Å². The molecule has 1 N–H and O–H groups in total. The van der Waals surface area contributed by atoms with Crippen molar-refractivity contribution in [2.75, 3.05) is 39.0 Å². The molecule has 2 fully saturated rings. The molecule has 1 atom stereocenters. The number of likely N-dealkylation sites (tertiary alicyclic amines) is 2. The van der Waals surface area contributed by atoms with Crippen molar-refractivity contribution in [3.63, 3.8) is 0 Å². The number of carboxylic acid groups (broad SMARTS) is 1. The Kier molecular flexibility index (Phi) is 4.03. The van der Waals surface area contributed by atoms with Crippen molar-refractivity contribution in [1.29, 1.82) is 0 Å². The molecule has 0 aromatic carbocycles. The SMILES string of the molecule is CS(=O)(=O)OCCN1CCC2(CCCN2C(=O)O)C1. The van der Waals surface area contributed by atoms with Crippen LogP contribution >= 0.6 is 0 Å². The number of rotatable bonds is 4. The molecule has 1 spiro atoms. The van der Waals surface area contributed by atoms with E-state index in [0.29, 0.717) is 19.6 Å². The normalized spacial score (nSPS) is 28.4. The summed E-state index contributed by atoms with van der Waals surface area (Å²) in [6, 6.07) is 0. The molecular formula is C11H20N2O5S. The van der Waals surface area contributed by atoms with Crippen LogP contribution in [0.15, 0.2) is 0 Å². The zero-order valence-corrected chi connectivity index (χ0v) is 11.9. The van der Waals surface area contributed by atoms with Gasteiger partial charge < -0.3 is 10.0 Å².